The van der Waals surface area contributed by atoms with E-state index in [0.29, 0.717) is 18.7 Å². The molecule has 0 aromatic heterocycles. The first-order chi connectivity index (χ1) is 10.0. The zero-order chi connectivity index (χ0) is 15.4. The molecule has 1 aliphatic rings. The number of methoxy groups -OCH3 is 1. The largest absolute Gasteiger partial charge is 0.484 e. The van der Waals surface area contributed by atoms with Gasteiger partial charge in [0.1, 0.15) is 5.75 Å². The number of carbonyl (C=O) groups excluding carboxylic acids is 1. The van der Waals surface area contributed by atoms with Crippen LogP contribution in [-0.4, -0.2) is 54.9 Å². The normalized spacial score (nSPS) is 21.6. The van der Waals surface area contributed by atoms with Gasteiger partial charge in [0, 0.05) is 13.7 Å². The van der Waals surface area contributed by atoms with E-state index in [-0.39, 0.29) is 31.3 Å². The summed E-state index contributed by atoms with van der Waals surface area (Å²) in [7, 11) is 1.62. The zero-order valence-electron chi connectivity index (χ0n) is 12.8. The maximum atomic E-state index is 12.2. The molecule has 1 aromatic carbocycles. The Hall–Kier alpha value is -1.59. The fourth-order valence-corrected chi connectivity index (χ4v) is 2.55. The average Bonchev–Trinajstić information content (AvgIpc) is 2.91. The number of benzene rings is 1. The first-order valence-corrected chi connectivity index (χ1v) is 7.18. The van der Waals surface area contributed by atoms with Crippen molar-refractivity contribution < 1.29 is 19.4 Å². The Bertz CT molecular complexity index is 503. The van der Waals surface area contributed by atoms with Crippen LogP contribution in [0.15, 0.2) is 18.2 Å². The molecule has 21 heavy (non-hydrogen) atoms. The number of aliphatic hydroxyl groups excluding tert-OH is 1. The molecular formula is C16H23NO4. The van der Waals surface area contributed by atoms with Gasteiger partial charge < -0.3 is 19.5 Å². The molecule has 5 heteroatoms. The van der Waals surface area contributed by atoms with Crippen LogP contribution < -0.4 is 4.74 Å². The fraction of sp³-hybridized carbons (Fsp3) is 0.562. The molecule has 2 atom stereocenters. The van der Waals surface area contributed by atoms with Crippen LogP contribution in [0.3, 0.4) is 0 Å². The molecule has 1 heterocycles. The summed E-state index contributed by atoms with van der Waals surface area (Å²) in [4.78, 5) is 13.9. The lowest BCUT2D eigenvalue weighted by Crippen LogP contribution is -2.40. The lowest BCUT2D eigenvalue weighted by atomic mass is 10.1. The van der Waals surface area contributed by atoms with E-state index >= 15 is 0 Å². The van der Waals surface area contributed by atoms with Crippen molar-refractivity contribution in [2.24, 2.45) is 0 Å². The molecule has 0 saturated carbocycles. The quantitative estimate of drug-likeness (QED) is 0.889. The summed E-state index contributed by atoms with van der Waals surface area (Å²) in [6, 6.07) is 5.59. The van der Waals surface area contributed by atoms with Crippen LogP contribution in [0.2, 0.25) is 0 Å². The molecule has 0 spiro atoms. The summed E-state index contributed by atoms with van der Waals surface area (Å²) in [5.41, 5.74) is 2.32. The van der Waals surface area contributed by atoms with E-state index < -0.39 is 0 Å². The number of ether oxygens (including phenoxy) is 2. The van der Waals surface area contributed by atoms with Crippen LogP contribution in [0.25, 0.3) is 0 Å². The van der Waals surface area contributed by atoms with Crippen LogP contribution in [0, 0.1) is 13.8 Å². The fourth-order valence-electron chi connectivity index (χ4n) is 2.55. The number of likely N-dealkylation sites (tertiary alicyclic amines) is 1. The maximum Gasteiger partial charge on any atom is 0.260 e. The Labute approximate surface area is 125 Å². The molecule has 0 aliphatic carbocycles. The molecule has 116 valence electrons. The van der Waals surface area contributed by atoms with Crippen molar-refractivity contribution in [3.63, 3.8) is 0 Å². The Morgan fingerprint density at radius 1 is 1.38 bits per heavy atom. The second-order valence-corrected chi connectivity index (χ2v) is 5.51. The van der Waals surface area contributed by atoms with Gasteiger partial charge in [-0.25, -0.2) is 0 Å². The Morgan fingerprint density at radius 2 is 2.14 bits per heavy atom. The predicted molar refractivity (Wildman–Crippen MR) is 79.4 cm³/mol. The monoisotopic (exact) mass is 293 g/mol. The second kappa shape index (κ2) is 6.91. The number of aliphatic hydroxyl groups is 1. The minimum absolute atomic E-state index is 0.00674. The average molecular weight is 293 g/mol. The van der Waals surface area contributed by atoms with Gasteiger partial charge in [0.15, 0.2) is 6.61 Å². The summed E-state index contributed by atoms with van der Waals surface area (Å²) in [6.07, 6.45) is 0.662. The van der Waals surface area contributed by atoms with Gasteiger partial charge in [-0.1, -0.05) is 6.07 Å². The highest BCUT2D eigenvalue weighted by atomic mass is 16.5. The standard InChI is InChI=1S/C16H23NO4/c1-11-4-5-14(6-12(11)2)21-10-16(19)17-8-15(20-3)7-13(17)9-18/h4-6,13,15,18H,7-10H2,1-3H3/t13-,15-/m0/s1. The highest BCUT2D eigenvalue weighted by Gasteiger charge is 2.34. The summed E-state index contributed by atoms with van der Waals surface area (Å²) < 4.78 is 10.8. The van der Waals surface area contributed by atoms with Gasteiger partial charge in [-0.15, -0.1) is 0 Å². The van der Waals surface area contributed by atoms with Gasteiger partial charge in [-0.2, -0.15) is 0 Å². The highest BCUT2D eigenvalue weighted by molar-refractivity contribution is 5.78. The third-order valence-corrected chi connectivity index (χ3v) is 4.08. The van der Waals surface area contributed by atoms with Crippen molar-refractivity contribution in [3.8, 4) is 5.75 Å². The molecule has 1 N–H and O–H groups in total. The number of hydrogen-bond donors (Lipinski definition) is 1. The van der Waals surface area contributed by atoms with Gasteiger partial charge in [0.25, 0.3) is 5.91 Å². The van der Waals surface area contributed by atoms with E-state index in [1.807, 2.05) is 32.0 Å². The molecule has 0 bridgehead atoms. The van der Waals surface area contributed by atoms with E-state index in [9.17, 15) is 9.90 Å². The van der Waals surface area contributed by atoms with E-state index in [1.54, 1.807) is 12.0 Å². The predicted octanol–water partition coefficient (Wildman–Crippen LogP) is 1.29. The van der Waals surface area contributed by atoms with Gasteiger partial charge in [0.05, 0.1) is 18.8 Å². The smallest absolute Gasteiger partial charge is 0.260 e. The Kier molecular flexibility index (Phi) is 5.20. The van der Waals surface area contributed by atoms with E-state index in [4.69, 9.17) is 9.47 Å². The zero-order valence-corrected chi connectivity index (χ0v) is 12.8. The molecule has 1 saturated heterocycles. The van der Waals surface area contributed by atoms with Crippen LogP contribution in [-0.2, 0) is 9.53 Å². The number of nitrogens with zero attached hydrogens (tertiary/aromatic N) is 1. The first kappa shape index (κ1) is 15.8. The third kappa shape index (κ3) is 3.74. The maximum absolute atomic E-state index is 12.2. The number of rotatable bonds is 5. The molecule has 1 aliphatic heterocycles. The van der Waals surface area contributed by atoms with Crippen molar-refractivity contribution in [2.45, 2.75) is 32.4 Å². The van der Waals surface area contributed by atoms with Crippen LogP contribution >= 0.6 is 0 Å². The topological polar surface area (TPSA) is 59.0 Å². The SMILES string of the molecule is CO[C@H]1C[C@@H](CO)N(C(=O)COc2ccc(C)c(C)c2)C1. The summed E-state index contributed by atoms with van der Waals surface area (Å²) in [5, 5.41) is 9.36. The Balaban J connectivity index is 1.93. The van der Waals surface area contributed by atoms with Gasteiger partial charge >= 0.3 is 0 Å². The van der Waals surface area contributed by atoms with E-state index in [2.05, 4.69) is 0 Å². The summed E-state index contributed by atoms with van der Waals surface area (Å²) in [5.74, 6) is 0.571. The van der Waals surface area contributed by atoms with E-state index in [1.165, 1.54) is 5.56 Å². The van der Waals surface area contributed by atoms with Crippen molar-refractivity contribution in [2.75, 3.05) is 26.9 Å². The summed E-state index contributed by atoms with van der Waals surface area (Å²) in [6.45, 7) is 4.49. The van der Waals surface area contributed by atoms with Crippen LogP contribution in [0.1, 0.15) is 17.5 Å². The second-order valence-electron chi connectivity index (χ2n) is 5.51. The minimum atomic E-state index is -0.175. The molecule has 0 radical (unpaired) electrons. The number of carbonyl (C=O) groups is 1. The first-order valence-electron chi connectivity index (χ1n) is 7.18. The molecule has 2 rings (SSSR count). The van der Waals surface area contributed by atoms with Crippen molar-refractivity contribution in [1.82, 2.24) is 4.90 Å². The lowest BCUT2D eigenvalue weighted by Gasteiger charge is -2.22. The molecule has 5 nitrogen and oxygen atoms in total. The van der Waals surface area contributed by atoms with E-state index in [0.717, 1.165) is 5.56 Å². The van der Waals surface area contributed by atoms with Crippen LogP contribution in [0.5, 0.6) is 5.75 Å². The van der Waals surface area contributed by atoms with Crippen LogP contribution in [0.4, 0.5) is 0 Å². The van der Waals surface area contributed by atoms with Gasteiger partial charge in [0.2, 0.25) is 0 Å². The van der Waals surface area contributed by atoms with Gasteiger partial charge in [-0.05, 0) is 43.5 Å². The molecule has 1 amide bonds. The molecule has 1 aromatic rings. The molecule has 1 fully saturated rings. The highest BCUT2D eigenvalue weighted by Crippen LogP contribution is 2.21. The number of hydrogen-bond acceptors (Lipinski definition) is 4. The lowest BCUT2D eigenvalue weighted by molar-refractivity contribution is -0.135. The van der Waals surface area contributed by atoms with Crippen molar-refractivity contribution in [3.05, 3.63) is 29.3 Å². The third-order valence-electron chi connectivity index (χ3n) is 4.08. The summed E-state index contributed by atoms with van der Waals surface area (Å²) >= 11 is 0. The van der Waals surface area contributed by atoms with Gasteiger partial charge in [-0.3, -0.25) is 4.79 Å². The van der Waals surface area contributed by atoms with Crippen molar-refractivity contribution >= 4 is 5.91 Å². The number of aryl methyl sites for hydroxylation is 2. The molecular weight excluding hydrogens is 270 g/mol. The molecule has 0 unspecified atom stereocenters. The number of amides is 1. The Morgan fingerprint density at radius 3 is 2.76 bits per heavy atom. The van der Waals surface area contributed by atoms with Crippen molar-refractivity contribution in [1.29, 1.82) is 0 Å². The minimum Gasteiger partial charge on any atom is -0.484 e.